The summed E-state index contributed by atoms with van der Waals surface area (Å²) in [6.07, 6.45) is 4.96. The Kier molecular flexibility index (Phi) is 5.18. The molecule has 1 atom stereocenters. The molecule has 1 fully saturated rings. The number of piperidine rings is 1. The summed E-state index contributed by atoms with van der Waals surface area (Å²) < 4.78 is 36.6. The van der Waals surface area contributed by atoms with Gasteiger partial charge in [0.1, 0.15) is 11.5 Å². The molecule has 1 unspecified atom stereocenters. The van der Waals surface area contributed by atoms with E-state index in [2.05, 4.69) is 10.1 Å². The van der Waals surface area contributed by atoms with E-state index in [-0.39, 0.29) is 12.4 Å². The summed E-state index contributed by atoms with van der Waals surface area (Å²) in [5.41, 5.74) is 1.78. The van der Waals surface area contributed by atoms with Crippen molar-refractivity contribution in [3.05, 3.63) is 66.1 Å². The molecule has 8 heteroatoms. The molecular weight excluding hydrogens is 403 g/mol. The van der Waals surface area contributed by atoms with Crippen LogP contribution >= 0.6 is 0 Å². The van der Waals surface area contributed by atoms with Crippen LogP contribution in [0.5, 0.6) is 0 Å². The highest BCUT2D eigenvalue weighted by Gasteiger charge is 2.23. The molecular formula is C22H21FN4O2S. The van der Waals surface area contributed by atoms with Crippen molar-refractivity contribution in [1.29, 1.82) is 0 Å². The molecule has 1 saturated heterocycles. The Balaban J connectivity index is 1.50. The number of halogens is 1. The minimum atomic E-state index is -1.32. The highest BCUT2D eigenvalue weighted by Crippen LogP contribution is 2.30. The lowest BCUT2D eigenvalue weighted by atomic mass is 10.2. The predicted molar refractivity (Wildman–Crippen MR) is 113 cm³/mol. The summed E-state index contributed by atoms with van der Waals surface area (Å²) in [6.45, 7) is 1.88. The van der Waals surface area contributed by atoms with E-state index in [1.54, 1.807) is 41.2 Å². The van der Waals surface area contributed by atoms with E-state index in [0.717, 1.165) is 31.3 Å². The Morgan fingerprint density at radius 2 is 1.87 bits per heavy atom. The minimum absolute atomic E-state index is 0.257. The summed E-state index contributed by atoms with van der Waals surface area (Å²) in [6, 6.07) is 13.9. The quantitative estimate of drug-likeness (QED) is 0.477. The zero-order valence-electron chi connectivity index (χ0n) is 16.3. The van der Waals surface area contributed by atoms with Gasteiger partial charge in [-0.3, -0.25) is 0 Å². The van der Waals surface area contributed by atoms with Crippen LogP contribution < -0.4 is 0 Å². The predicted octanol–water partition coefficient (Wildman–Crippen LogP) is 4.39. The summed E-state index contributed by atoms with van der Waals surface area (Å²) in [5, 5.41) is 5.89. The number of rotatable bonds is 5. The van der Waals surface area contributed by atoms with Crippen LogP contribution in [-0.4, -0.2) is 36.4 Å². The third-order valence-corrected chi connectivity index (χ3v) is 6.72. The zero-order chi connectivity index (χ0) is 20.5. The first-order valence-electron chi connectivity index (χ1n) is 10.0. The molecule has 0 amide bonds. The first-order chi connectivity index (χ1) is 14.7. The van der Waals surface area contributed by atoms with Gasteiger partial charge in [0.2, 0.25) is 5.09 Å². The Labute approximate surface area is 175 Å². The fourth-order valence-electron chi connectivity index (χ4n) is 3.79. The molecule has 1 aliphatic heterocycles. The average molecular weight is 425 g/mol. The second kappa shape index (κ2) is 8.12. The molecule has 3 aromatic heterocycles. The Bertz CT molecular complexity index is 1210. The molecule has 4 heterocycles. The molecule has 0 aliphatic carbocycles. The van der Waals surface area contributed by atoms with Gasteiger partial charge < -0.3 is 4.42 Å². The van der Waals surface area contributed by atoms with Crippen LogP contribution in [0.4, 0.5) is 4.39 Å². The Hall–Kier alpha value is -2.84. The maximum atomic E-state index is 14.2. The summed E-state index contributed by atoms with van der Waals surface area (Å²) >= 11 is 0. The molecule has 0 radical (unpaired) electrons. The van der Waals surface area contributed by atoms with Crippen LogP contribution in [0.2, 0.25) is 0 Å². The van der Waals surface area contributed by atoms with E-state index in [0.29, 0.717) is 27.8 Å². The Morgan fingerprint density at radius 1 is 1.03 bits per heavy atom. The number of hydrogen-bond donors (Lipinski definition) is 0. The van der Waals surface area contributed by atoms with Crippen molar-refractivity contribution in [2.75, 3.05) is 13.1 Å². The summed E-state index contributed by atoms with van der Waals surface area (Å²) in [5.74, 6) is 0.247. The minimum Gasteiger partial charge on any atom is -0.444 e. The van der Waals surface area contributed by atoms with E-state index in [4.69, 9.17) is 4.42 Å². The molecule has 0 N–H and O–H groups in total. The second-order valence-corrected chi connectivity index (χ2v) is 8.75. The molecule has 5 rings (SSSR count). The third-order valence-electron chi connectivity index (χ3n) is 5.32. The van der Waals surface area contributed by atoms with E-state index in [9.17, 15) is 8.60 Å². The number of hydrogen-bond acceptors (Lipinski definition) is 4. The first kappa shape index (κ1) is 19.1. The van der Waals surface area contributed by atoms with Crippen LogP contribution in [0.1, 0.15) is 24.8 Å². The van der Waals surface area contributed by atoms with Crippen LogP contribution in [0.3, 0.4) is 0 Å². The number of pyridine rings is 1. The smallest absolute Gasteiger partial charge is 0.206 e. The number of furan rings is 1. The lowest BCUT2D eigenvalue weighted by Gasteiger charge is -2.23. The van der Waals surface area contributed by atoms with Crippen LogP contribution in [0.25, 0.3) is 22.5 Å². The van der Waals surface area contributed by atoms with Crippen molar-refractivity contribution >= 4 is 22.0 Å². The number of nitrogens with zero attached hydrogens (tertiary/aromatic N) is 4. The van der Waals surface area contributed by atoms with E-state index < -0.39 is 11.0 Å². The van der Waals surface area contributed by atoms with Gasteiger partial charge in [0.25, 0.3) is 0 Å². The van der Waals surface area contributed by atoms with Gasteiger partial charge in [-0.1, -0.05) is 24.6 Å². The molecule has 0 saturated carbocycles. The molecule has 1 aliphatic rings. The average Bonchev–Trinajstić information content (AvgIpc) is 3.41. The van der Waals surface area contributed by atoms with Gasteiger partial charge in [0.05, 0.1) is 11.9 Å². The van der Waals surface area contributed by atoms with Crippen molar-refractivity contribution in [3.8, 4) is 11.5 Å². The van der Waals surface area contributed by atoms with Gasteiger partial charge in [-0.15, -0.1) is 0 Å². The molecule has 154 valence electrons. The Morgan fingerprint density at radius 3 is 2.70 bits per heavy atom. The normalized spacial score (nSPS) is 16.2. The number of benzene rings is 1. The fourth-order valence-corrected chi connectivity index (χ4v) is 4.98. The monoisotopic (exact) mass is 424 g/mol. The molecule has 30 heavy (non-hydrogen) atoms. The molecule has 4 aromatic rings. The largest absolute Gasteiger partial charge is 0.444 e. The fraction of sp³-hybridized carbons (Fsp3) is 0.273. The maximum Gasteiger partial charge on any atom is 0.206 e. The van der Waals surface area contributed by atoms with E-state index >= 15 is 0 Å². The third kappa shape index (κ3) is 3.57. The van der Waals surface area contributed by atoms with Gasteiger partial charge in [-0.05, 0) is 43.2 Å². The van der Waals surface area contributed by atoms with Crippen molar-refractivity contribution in [3.63, 3.8) is 0 Å². The van der Waals surface area contributed by atoms with Crippen LogP contribution in [0, 0.1) is 5.82 Å². The lowest BCUT2D eigenvalue weighted by Crippen LogP contribution is -2.31. The van der Waals surface area contributed by atoms with Crippen molar-refractivity contribution in [2.45, 2.75) is 30.9 Å². The molecule has 0 bridgehead atoms. The highest BCUT2D eigenvalue weighted by molar-refractivity contribution is 7.82. The first-order valence-corrected chi connectivity index (χ1v) is 11.1. The summed E-state index contributed by atoms with van der Waals surface area (Å²) in [4.78, 5) is 4.44. The molecule has 6 nitrogen and oxygen atoms in total. The van der Waals surface area contributed by atoms with Crippen molar-refractivity contribution < 1.29 is 13.0 Å². The SMILES string of the molecule is O=S(c1ccc(-c2nn(Cc3ccccc3F)c3ncccc23)o1)N1CCCCC1. The number of fused-ring (bicyclic) bond motifs is 1. The maximum absolute atomic E-state index is 14.2. The second-order valence-electron chi connectivity index (χ2n) is 7.33. The van der Waals surface area contributed by atoms with Gasteiger partial charge in [0.15, 0.2) is 22.4 Å². The standard InChI is InChI=1S/C22H21FN4O2S/c23-18-9-3-2-7-16(18)15-27-22-17(8-6-12-24-22)21(25-27)19-10-11-20(29-19)30(28)26-13-4-1-5-14-26/h2-3,6-12H,1,4-5,13-15H2. The van der Waals surface area contributed by atoms with Gasteiger partial charge in [-0.25, -0.2) is 22.6 Å². The molecule has 1 aromatic carbocycles. The summed E-state index contributed by atoms with van der Waals surface area (Å²) in [7, 11) is -1.32. The van der Waals surface area contributed by atoms with Crippen molar-refractivity contribution in [1.82, 2.24) is 19.1 Å². The topological polar surface area (TPSA) is 64.2 Å². The van der Waals surface area contributed by atoms with Crippen molar-refractivity contribution in [2.24, 2.45) is 0 Å². The van der Waals surface area contributed by atoms with E-state index in [1.165, 1.54) is 12.5 Å². The number of aromatic nitrogens is 3. The molecule has 0 spiro atoms. The van der Waals surface area contributed by atoms with Crippen LogP contribution in [0.15, 0.2) is 64.2 Å². The van der Waals surface area contributed by atoms with Crippen LogP contribution in [-0.2, 0) is 17.5 Å². The zero-order valence-corrected chi connectivity index (χ0v) is 17.1. The van der Waals surface area contributed by atoms with Gasteiger partial charge >= 0.3 is 0 Å². The highest BCUT2D eigenvalue weighted by atomic mass is 32.2. The van der Waals surface area contributed by atoms with Gasteiger partial charge in [0, 0.05) is 24.8 Å². The van der Waals surface area contributed by atoms with Gasteiger partial charge in [-0.2, -0.15) is 5.10 Å². The van der Waals surface area contributed by atoms with E-state index in [1.807, 2.05) is 16.4 Å². The lowest BCUT2D eigenvalue weighted by molar-refractivity contribution is 0.355.